The highest BCUT2D eigenvalue weighted by Crippen LogP contribution is 2.28. The van der Waals surface area contributed by atoms with Crippen LogP contribution < -0.4 is 5.32 Å². The molecule has 1 aliphatic carbocycles. The Bertz CT molecular complexity index is 729. The summed E-state index contributed by atoms with van der Waals surface area (Å²) in [5, 5.41) is 3.98. The Morgan fingerprint density at radius 3 is 2.65 bits per heavy atom. The smallest absolute Gasteiger partial charge is 0.287 e. The van der Waals surface area contributed by atoms with Crippen molar-refractivity contribution in [2.24, 2.45) is 5.92 Å². The van der Waals surface area contributed by atoms with E-state index in [1.165, 1.54) is 0 Å². The predicted molar refractivity (Wildman–Crippen MR) is 92.9 cm³/mol. The number of benzene rings is 1. The van der Waals surface area contributed by atoms with Crippen molar-refractivity contribution in [1.29, 1.82) is 0 Å². The third-order valence-electron chi connectivity index (χ3n) is 4.60. The Kier molecular flexibility index (Phi) is 4.85. The van der Waals surface area contributed by atoms with Gasteiger partial charge in [-0.3, -0.25) is 9.00 Å². The standard InChI is InChI=1S/C18H23NO3S/c1-12-7-9-13(10-8-12)19-18(20)17-15(11-23(2)21)14-5-3-4-6-16(14)22-17/h3-6,12-13H,7-11H2,1-2H3,(H,19,20)/t12?,13?,23-/m1/s1. The molecule has 124 valence electrons. The first-order chi connectivity index (χ1) is 11.0. The molecule has 5 heteroatoms. The maximum absolute atomic E-state index is 12.7. The van der Waals surface area contributed by atoms with Crippen molar-refractivity contribution in [3.8, 4) is 0 Å². The maximum atomic E-state index is 12.7. The van der Waals surface area contributed by atoms with Crippen LogP contribution in [-0.2, 0) is 16.6 Å². The number of carbonyl (C=O) groups excluding carboxylic acids is 1. The molecule has 1 aromatic heterocycles. The summed E-state index contributed by atoms with van der Waals surface area (Å²) in [5.41, 5.74) is 1.43. The van der Waals surface area contributed by atoms with Crippen molar-refractivity contribution in [3.05, 3.63) is 35.6 Å². The van der Waals surface area contributed by atoms with E-state index in [2.05, 4.69) is 12.2 Å². The zero-order valence-electron chi connectivity index (χ0n) is 13.6. The Morgan fingerprint density at radius 2 is 1.96 bits per heavy atom. The van der Waals surface area contributed by atoms with Gasteiger partial charge in [-0.25, -0.2) is 0 Å². The van der Waals surface area contributed by atoms with Crippen LogP contribution in [0.25, 0.3) is 11.0 Å². The molecule has 1 atom stereocenters. The number of hydrogen-bond acceptors (Lipinski definition) is 3. The minimum absolute atomic E-state index is 0.179. The van der Waals surface area contributed by atoms with Crippen LogP contribution in [0.4, 0.5) is 0 Å². The van der Waals surface area contributed by atoms with Crippen LogP contribution in [0.2, 0.25) is 0 Å². The first-order valence-electron chi connectivity index (χ1n) is 8.16. The van der Waals surface area contributed by atoms with Crippen molar-refractivity contribution in [2.75, 3.05) is 6.26 Å². The molecule has 4 nitrogen and oxygen atoms in total. The molecule has 1 aliphatic rings. The number of furan rings is 1. The van der Waals surface area contributed by atoms with Crippen molar-refractivity contribution >= 4 is 27.7 Å². The fraction of sp³-hybridized carbons (Fsp3) is 0.500. The Hall–Kier alpha value is -1.62. The predicted octanol–water partition coefficient (Wildman–Crippen LogP) is 3.62. The molecule has 0 radical (unpaired) electrons. The first-order valence-corrected chi connectivity index (χ1v) is 9.88. The van der Waals surface area contributed by atoms with Crippen LogP contribution in [0.5, 0.6) is 0 Å². The highest BCUT2D eigenvalue weighted by atomic mass is 32.2. The molecule has 3 rings (SSSR count). The number of rotatable bonds is 4. The summed E-state index contributed by atoms with van der Waals surface area (Å²) in [6.07, 6.45) is 5.98. The van der Waals surface area contributed by atoms with E-state index in [0.717, 1.165) is 42.6 Å². The van der Waals surface area contributed by atoms with E-state index in [0.29, 0.717) is 17.1 Å². The van der Waals surface area contributed by atoms with E-state index in [-0.39, 0.29) is 11.9 Å². The molecule has 2 aromatic rings. The van der Waals surface area contributed by atoms with Gasteiger partial charge in [0.05, 0.1) is 5.75 Å². The second-order valence-electron chi connectivity index (χ2n) is 6.55. The number of carbonyl (C=O) groups is 1. The van der Waals surface area contributed by atoms with E-state index < -0.39 is 10.8 Å². The van der Waals surface area contributed by atoms with Crippen LogP contribution in [-0.4, -0.2) is 22.4 Å². The lowest BCUT2D eigenvalue weighted by molar-refractivity contribution is 0.0896. The van der Waals surface area contributed by atoms with E-state index in [4.69, 9.17) is 4.42 Å². The highest BCUT2D eigenvalue weighted by Gasteiger charge is 2.25. The Labute approximate surface area is 139 Å². The fourth-order valence-corrected chi connectivity index (χ4v) is 3.98. The third kappa shape index (κ3) is 3.66. The molecule has 1 amide bonds. The van der Waals surface area contributed by atoms with Gasteiger partial charge in [0.2, 0.25) is 0 Å². The zero-order chi connectivity index (χ0) is 16.4. The molecule has 1 heterocycles. The fourth-order valence-electron chi connectivity index (χ4n) is 3.28. The largest absolute Gasteiger partial charge is 0.451 e. The van der Waals surface area contributed by atoms with Crippen LogP contribution in [0.3, 0.4) is 0 Å². The summed E-state index contributed by atoms with van der Waals surface area (Å²) in [6.45, 7) is 2.26. The molecule has 23 heavy (non-hydrogen) atoms. The summed E-state index contributed by atoms with van der Waals surface area (Å²) >= 11 is 0. The molecule has 1 N–H and O–H groups in total. The number of nitrogens with one attached hydrogen (secondary N) is 1. The molecule has 0 saturated heterocycles. The van der Waals surface area contributed by atoms with Crippen LogP contribution in [0, 0.1) is 5.92 Å². The molecule has 1 fully saturated rings. The topological polar surface area (TPSA) is 59.3 Å². The van der Waals surface area contributed by atoms with Crippen molar-refractivity contribution in [1.82, 2.24) is 5.32 Å². The lowest BCUT2D eigenvalue weighted by atomic mass is 9.87. The number of fused-ring (bicyclic) bond motifs is 1. The molecular formula is C18H23NO3S. The highest BCUT2D eigenvalue weighted by molar-refractivity contribution is 7.83. The Morgan fingerprint density at radius 1 is 1.26 bits per heavy atom. The van der Waals surface area contributed by atoms with E-state index in [9.17, 15) is 9.00 Å². The lowest BCUT2D eigenvalue weighted by Crippen LogP contribution is -2.37. The van der Waals surface area contributed by atoms with Crippen molar-refractivity contribution in [2.45, 2.75) is 44.4 Å². The molecule has 0 aliphatic heterocycles. The normalized spacial score (nSPS) is 22.9. The van der Waals surface area contributed by atoms with Crippen LogP contribution >= 0.6 is 0 Å². The summed E-state index contributed by atoms with van der Waals surface area (Å²) < 4.78 is 17.5. The molecule has 0 unspecified atom stereocenters. The summed E-state index contributed by atoms with van der Waals surface area (Å²) in [4.78, 5) is 12.7. The van der Waals surface area contributed by atoms with Gasteiger partial charge in [-0.1, -0.05) is 25.1 Å². The van der Waals surface area contributed by atoms with Gasteiger partial charge in [0, 0.05) is 34.0 Å². The lowest BCUT2D eigenvalue weighted by Gasteiger charge is -2.26. The van der Waals surface area contributed by atoms with E-state index >= 15 is 0 Å². The average molecular weight is 333 g/mol. The quantitative estimate of drug-likeness (QED) is 0.929. The van der Waals surface area contributed by atoms with Gasteiger partial charge >= 0.3 is 0 Å². The van der Waals surface area contributed by atoms with Crippen molar-refractivity contribution < 1.29 is 13.4 Å². The van der Waals surface area contributed by atoms with Gasteiger partial charge in [-0.05, 0) is 37.7 Å². The maximum Gasteiger partial charge on any atom is 0.287 e. The SMILES string of the molecule is CC1CCC(NC(=O)c2oc3ccccc3c2C[S@@](C)=O)CC1. The third-order valence-corrected chi connectivity index (χ3v) is 5.30. The summed E-state index contributed by atoms with van der Waals surface area (Å²) in [6, 6.07) is 7.76. The van der Waals surface area contributed by atoms with E-state index in [1.807, 2.05) is 24.3 Å². The molecule has 1 aromatic carbocycles. The second kappa shape index (κ2) is 6.87. The van der Waals surface area contributed by atoms with Gasteiger partial charge in [0.25, 0.3) is 5.91 Å². The monoisotopic (exact) mass is 333 g/mol. The molecule has 0 spiro atoms. The number of amides is 1. The van der Waals surface area contributed by atoms with Crippen LogP contribution in [0.1, 0.15) is 48.7 Å². The summed E-state index contributed by atoms with van der Waals surface area (Å²) in [5.74, 6) is 1.22. The molecule has 0 bridgehead atoms. The minimum Gasteiger partial charge on any atom is -0.451 e. The van der Waals surface area contributed by atoms with Crippen LogP contribution in [0.15, 0.2) is 28.7 Å². The summed E-state index contributed by atoms with van der Waals surface area (Å²) in [7, 11) is -1.03. The Balaban J connectivity index is 1.85. The van der Waals surface area contributed by atoms with Gasteiger partial charge < -0.3 is 9.73 Å². The number of hydrogen-bond donors (Lipinski definition) is 1. The van der Waals surface area contributed by atoms with Gasteiger partial charge in [0.1, 0.15) is 5.58 Å². The molecule has 1 saturated carbocycles. The first kappa shape index (κ1) is 16.2. The average Bonchev–Trinajstić information content (AvgIpc) is 2.88. The van der Waals surface area contributed by atoms with Gasteiger partial charge in [0.15, 0.2) is 5.76 Å². The van der Waals surface area contributed by atoms with Gasteiger partial charge in [-0.15, -0.1) is 0 Å². The van der Waals surface area contributed by atoms with Gasteiger partial charge in [-0.2, -0.15) is 0 Å². The number of para-hydroxylation sites is 1. The van der Waals surface area contributed by atoms with E-state index in [1.54, 1.807) is 6.26 Å². The molecular weight excluding hydrogens is 310 g/mol. The minimum atomic E-state index is -1.03. The van der Waals surface area contributed by atoms with Crippen molar-refractivity contribution in [3.63, 3.8) is 0 Å². The second-order valence-corrected chi connectivity index (χ2v) is 7.99. The zero-order valence-corrected chi connectivity index (χ0v) is 14.4.